The second kappa shape index (κ2) is 6.66. The zero-order valence-electron chi connectivity index (χ0n) is 16.1. The summed E-state index contributed by atoms with van der Waals surface area (Å²) in [4.78, 5) is 40.9. The first-order valence-electron chi connectivity index (χ1n) is 9.25. The van der Waals surface area contributed by atoms with E-state index in [9.17, 15) is 14.4 Å². The number of urea groups is 1. The monoisotopic (exact) mass is 389 g/mol. The summed E-state index contributed by atoms with van der Waals surface area (Å²) < 4.78 is 16.3. The van der Waals surface area contributed by atoms with Gasteiger partial charge < -0.3 is 24.4 Å². The lowest BCUT2D eigenvalue weighted by atomic mass is 9.91. The Bertz CT molecular complexity index is 833. The van der Waals surface area contributed by atoms with Gasteiger partial charge in [-0.05, 0) is 38.5 Å². The van der Waals surface area contributed by atoms with Crippen molar-refractivity contribution in [3.63, 3.8) is 0 Å². The highest BCUT2D eigenvalue weighted by Gasteiger charge is 2.50. The van der Waals surface area contributed by atoms with Crippen molar-refractivity contribution in [2.75, 3.05) is 26.4 Å². The van der Waals surface area contributed by atoms with Gasteiger partial charge in [-0.15, -0.1) is 0 Å². The zero-order valence-corrected chi connectivity index (χ0v) is 16.1. The van der Waals surface area contributed by atoms with Gasteiger partial charge in [0.15, 0.2) is 11.5 Å². The van der Waals surface area contributed by atoms with Crippen molar-refractivity contribution in [3.05, 3.63) is 23.8 Å². The van der Waals surface area contributed by atoms with Crippen molar-refractivity contribution in [1.29, 1.82) is 0 Å². The average Bonchev–Trinajstić information content (AvgIpc) is 3.19. The number of carbonyl (C=O) groups excluding carboxylic acids is 3. The number of hydrogen-bond donors (Lipinski definition) is 1. The predicted molar refractivity (Wildman–Crippen MR) is 96.8 cm³/mol. The van der Waals surface area contributed by atoms with Crippen LogP contribution in [0.3, 0.4) is 0 Å². The third-order valence-electron chi connectivity index (χ3n) is 5.29. The summed E-state index contributed by atoms with van der Waals surface area (Å²) in [5.74, 6) is 0.359. The third kappa shape index (κ3) is 3.05. The van der Waals surface area contributed by atoms with Gasteiger partial charge in [0, 0.05) is 13.1 Å². The van der Waals surface area contributed by atoms with E-state index in [0.717, 1.165) is 4.90 Å². The molecule has 0 unspecified atom stereocenters. The van der Waals surface area contributed by atoms with Gasteiger partial charge >= 0.3 is 6.03 Å². The molecule has 150 valence electrons. The largest absolute Gasteiger partial charge is 0.454 e. The van der Waals surface area contributed by atoms with E-state index < -0.39 is 17.5 Å². The Morgan fingerprint density at radius 1 is 1.18 bits per heavy atom. The summed E-state index contributed by atoms with van der Waals surface area (Å²) >= 11 is 0. The van der Waals surface area contributed by atoms with Crippen molar-refractivity contribution in [2.45, 2.75) is 38.5 Å². The number of benzene rings is 1. The number of nitrogens with one attached hydrogen (secondary N) is 1. The minimum absolute atomic E-state index is 0.0882. The quantitative estimate of drug-likeness (QED) is 0.769. The van der Waals surface area contributed by atoms with Crippen LogP contribution in [-0.4, -0.2) is 66.3 Å². The zero-order chi connectivity index (χ0) is 20.1. The molecule has 1 aromatic carbocycles. The number of morpholine rings is 1. The molecule has 3 atom stereocenters. The Morgan fingerprint density at radius 3 is 2.57 bits per heavy atom. The molecular weight excluding hydrogens is 366 g/mol. The molecule has 3 heterocycles. The van der Waals surface area contributed by atoms with Crippen LogP contribution in [0.2, 0.25) is 0 Å². The highest BCUT2D eigenvalue weighted by atomic mass is 16.7. The summed E-state index contributed by atoms with van der Waals surface area (Å²) in [5, 5.41) is 2.71. The lowest BCUT2D eigenvalue weighted by Crippen LogP contribution is -2.52. The molecule has 0 spiro atoms. The van der Waals surface area contributed by atoms with Crippen LogP contribution in [-0.2, 0) is 19.9 Å². The van der Waals surface area contributed by atoms with Crippen molar-refractivity contribution in [1.82, 2.24) is 15.1 Å². The Balaban J connectivity index is 1.51. The molecule has 0 bridgehead atoms. The molecule has 0 aromatic heterocycles. The molecule has 1 N–H and O–H groups in total. The Kier molecular flexibility index (Phi) is 4.41. The number of fused-ring (bicyclic) bond motifs is 1. The molecule has 0 saturated carbocycles. The van der Waals surface area contributed by atoms with Crippen LogP contribution in [0.5, 0.6) is 11.5 Å². The fraction of sp³-hybridized carbons (Fsp3) is 0.526. The molecule has 9 nitrogen and oxygen atoms in total. The van der Waals surface area contributed by atoms with Crippen molar-refractivity contribution < 1.29 is 28.6 Å². The highest BCUT2D eigenvalue weighted by Crippen LogP contribution is 2.37. The van der Waals surface area contributed by atoms with E-state index in [1.165, 1.54) is 0 Å². The standard InChI is InChI=1S/C19H23N3O6/c1-11-7-21(8-12(2)28-11)16(23)9-22-17(24)19(3,20-18(22)25)13-4-5-14-15(6-13)27-10-26-14/h4-6,11-12H,7-10H2,1-3H3,(H,20,25)/t11-,12-,19+/m1/s1. The number of carbonyl (C=O) groups is 3. The van der Waals surface area contributed by atoms with Gasteiger partial charge in [0.1, 0.15) is 12.1 Å². The summed E-state index contributed by atoms with van der Waals surface area (Å²) in [6.45, 7) is 6.09. The van der Waals surface area contributed by atoms with Gasteiger partial charge in [0.2, 0.25) is 12.7 Å². The number of nitrogens with zero attached hydrogens (tertiary/aromatic N) is 2. The first kappa shape index (κ1) is 18.5. The maximum Gasteiger partial charge on any atom is 0.325 e. The summed E-state index contributed by atoms with van der Waals surface area (Å²) in [6, 6.07) is 4.50. The van der Waals surface area contributed by atoms with E-state index in [2.05, 4.69) is 5.32 Å². The number of hydrogen-bond acceptors (Lipinski definition) is 6. The van der Waals surface area contributed by atoms with Gasteiger partial charge in [-0.25, -0.2) is 4.79 Å². The van der Waals surface area contributed by atoms with Crippen LogP contribution in [0.15, 0.2) is 18.2 Å². The third-order valence-corrected chi connectivity index (χ3v) is 5.29. The van der Waals surface area contributed by atoms with Crippen LogP contribution >= 0.6 is 0 Å². The van der Waals surface area contributed by atoms with Gasteiger partial charge in [0.25, 0.3) is 5.91 Å². The van der Waals surface area contributed by atoms with Gasteiger partial charge in [-0.1, -0.05) is 6.07 Å². The molecule has 0 radical (unpaired) electrons. The Hall–Kier alpha value is -2.81. The fourth-order valence-electron chi connectivity index (χ4n) is 3.86. The van der Waals surface area contributed by atoms with Crippen LogP contribution in [0, 0.1) is 0 Å². The lowest BCUT2D eigenvalue weighted by Gasteiger charge is -2.35. The second-order valence-corrected chi connectivity index (χ2v) is 7.57. The van der Waals surface area contributed by atoms with Crippen molar-refractivity contribution in [3.8, 4) is 11.5 Å². The molecule has 4 rings (SSSR count). The van der Waals surface area contributed by atoms with E-state index in [4.69, 9.17) is 14.2 Å². The van der Waals surface area contributed by atoms with Crippen LogP contribution < -0.4 is 14.8 Å². The molecule has 0 aliphatic carbocycles. The topological polar surface area (TPSA) is 97.4 Å². The molecular formula is C19H23N3O6. The van der Waals surface area contributed by atoms with Gasteiger partial charge in [-0.3, -0.25) is 14.5 Å². The van der Waals surface area contributed by atoms with Gasteiger partial charge in [0.05, 0.1) is 12.2 Å². The Labute approximate surface area is 162 Å². The molecule has 9 heteroatoms. The maximum atomic E-state index is 13.1. The van der Waals surface area contributed by atoms with E-state index in [0.29, 0.717) is 30.2 Å². The number of rotatable bonds is 3. The van der Waals surface area contributed by atoms with E-state index in [1.807, 2.05) is 13.8 Å². The molecule has 3 aliphatic heterocycles. The van der Waals surface area contributed by atoms with E-state index >= 15 is 0 Å². The van der Waals surface area contributed by atoms with Crippen molar-refractivity contribution >= 4 is 17.8 Å². The lowest BCUT2D eigenvalue weighted by molar-refractivity contribution is -0.146. The summed E-state index contributed by atoms with van der Waals surface area (Å²) in [6.07, 6.45) is -0.176. The minimum Gasteiger partial charge on any atom is -0.454 e. The van der Waals surface area contributed by atoms with Crippen molar-refractivity contribution in [2.24, 2.45) is 0 Å². The van der Waals surface area contributed by atoms with Crippen LogP contribution in [0.25, 0.3) is 0 Å². The normalized spacial score (nSPS) is 29.2. The summed E-state index contributed by atoms with van der Waals surface area (Å²) in [5.41, 5.74) is -0.706. The predicted octanol–water partition coefficient (Wildman–Crippen LogP) is 0.818. The first-order chi connectivity index (χ1) is 13.3. The van der Waals surface area contributed by atoms with E-state index in [1.54, 1.807) is 30.0 Å². The number of imide groups is 1. The highest BCUT2D eigenvalue weighted by molar-refractivity contribution is 6.09. The fourth-order valence-corrected chi connectivity index (χ4v) is 3.86. The van der Waals surface area contributed by atoms with Crippen LogP contribution in [0.1, 0.15) is 26.3 Å². The molecule has 28 heavy (non-hydrogen) atoms. The molecule has 4 amide bonds. The smallest absolute Gasteiger partial charge is 0.325 e. The van der Waals surface area contributed by atoms with Crippen LogP contribution in [0.4, 0.5) is 4.79 Å². The molecule has 2 saturated heterocycles. The number of ether oxygens (including phenoxy) is 3. The average molecular weight is 389 g/mol. The molecule has 3 aliphatic rings. The second-order valence-electron chi connectivity index (χ2n) is 7.57. The van der Waals surface area contributed by atoms with E-state index in [-0.39, 0.29) is 31.5 Å². The first-order valence-corrected chi connectivity index (χ1v) is 9.25. The van der Waals surface area contributed by atoms with Gasteiger partial charge in [-0.2, -0.15) is 0 Å². The summed E-state index contributed by atoms with van der Waals surface area (Å²) in [7, 11) is 0. The maximum absolute atomic E-state index is 13.1. The minimum atomic E-state index is -1.27. The molecule has 2 fully saturated rings. The Morgan fingerprint density at radius 2 is 1.86 bits per heavy atom. The molecule has 1 aromatic rings. The number of amides is 4. The SMILES string of the molecule is C[C@@H]1CN(C(=O)CN2C(=O)N[C@@](C)(c3ccc4c(c3)OCO4)C2=O)C[C@@H](C)O1.